The van der Waals surface area contributed by atoms with Crippen molar-refractivity contribution in [1.29, 1.82) is 0 Å². The molecule has 0 saturated carbocycles. The van der Waals surface area contributed by atoms with Crippen LogP contribution in [-0.4, -0.2) is 41.2 Å². The fraction of sp³-hybridized carbons (Fsp3) is 1.00. The molecule has 0 aliphatic carbocycles. The van der Waals surface area contributed by atoms with Gasteiger partial charge in [0.25, 0.3) is 0 Å². The van der Waals surface area contributed by atoms with E-state index in [1.165, 1.54) is 51.9 Å². The van der Waals surface area contributed by atoms with Gasteiger partial charge in [0.1, 0.15) is 0 Å². The molecule has 1 unspecified atom stereocenters. The van der Waals surface area contributed by atoms with Crippen LogP contribution in [0.3, 0.4) is 0 Å². The van der Waals surface area contributed by atoms with E-state index in [0.717, 1.165) is 0 Å². The third-order valence-electron chi connectivity index (χ3n) is 3.47. The van der Waals surface area contributed by atoms with Crippen molar-refractivity contribution in [1.82, 2.24) is 8.01 Å². The van der Waals surface area contributed by atoms with Gasteiger partial charge in [0.2, 0.25) is 0 Å². The smallest absolute Gasteiger partial charge is 0.0201 e. The van der Waals surface area contributed by atoms with Crippen molar-refractivity contribution in [3.63, 3.8) is 0 Å². The van der Waals surface area contributed by atoms with Crippen LogP contribution in [-0.2, 0) is 0 Å². The lowest BCUT2D eigenvalue weighted by Crippen LogP contribution is -2.49. The summed E-state index contributed by atoms with van der Waals surface area (Å²) in [6.45, 7) is 5.25. The Morgan fingerprint density at radius 2 is 1.77 bits per heavy atom. The number of rotatable bonds is 0. The molecule has 2 aliphatic heterocycles. The summed E-state index contributed by atoms with van der Waals surface area (Å²) in [5, 5.41) is 0. The number of hydrogen-bond donors (Lipinski definition) is 0. The maximum absolute atomic E-state index is 2.51. The highest BCUT2D eigenvalue weighted by Gasteiger charge is 2.37. The fourth-order valence-electron chi connectivity index (χ4n) is 2.94. The molecule has 0 bridgehead atoms. The molecule has 0 amide bonds. The molecule has 76 valence electrons. The van der Waals surface area contributed by atoms with Crippen molar-refractivity contribution in [3.05, 3.63) is 0 Å². The number of hydrogen-bond acceptors (Lipinski definition) is 2. The zero-order valence-electron chi connectivity index (χ0n) is 8.43. The standard InChI is InChI=1S/C10H19IN2/c1-12-6-2-4-10(8-12)5-3-7-13(11)9-10/h2-9H2,1H3. The summed E-state index contributed by atoms with van der Waals surface area (Å²) < 4.78 is 2.49. The van der Waals surface area contributed by atoms with Gasteiger partial charge in [-0.05, 0) is 44.7 Å². The van der Waals surface area contributed by atoms with E-state index >= 15 is 0 Å². The number of likely N-dealkylation sites (tertiary alicyclic amines) is 1. The zero-order chi connectivity index (χ0) is 9.31. The Morgan fingerprint density at radius 3 is 2.38 bits per heavy atom. The lowest BCUT2D eigenvalue weighted by atomic mass is 9.74. The van der Waals surface area contributed by atoms with E-state index in [1.54, 1.807) is 0 Å². The van der Waals surface area contributed by atoms with Crippen LogP contribution < -0.4 is 0 Å². The highest BCUT2D eigenvalue weighted by Crippen LogP contribution is 2.38. The fourth-order valence-corrected chi connectivity index (χ4v) is 4.00. The molecule has 0 N–H and O–H groups in total. The topological polar surface area (TPSA) is 6.48 Å². The van der Waals surface area contributed by atoms with E-state index in [9.17, 15) is 0 Å². The average Bonchev–Trinajstić information content (AvgIpc) is 2.02. The Bertz CT molecular complexity index is 164. The molecule has 0 aromatic rings. The van der Waals surface area contributed by atoms with Crippen molar-refractivity contribution < 1.29 is 0 Å². The monoisotopic (exact) mass is 294 g/mol. The summed E-state index contributed by atoms with van der Waals surface area (Å²) in [5.74, 6) is 0. The van der Waals surface area contributed by atoms with Gasteiger partial charge in [-0.3, -0.25) is 0 Å². The first kappa shape index (κ1) is 10.2. The molecule has 2 saturated heterocycles. The Morgan fingerprint density at radius 1 is 1.08 bits per heavy atom. The highest BCUT2D eigenvalue weighted by molar-refractivity contribution is 14.1. The average molecular weight is 294 g/mol. The van der Waals surface area contributed by atoms with E-state index in [2.05, 4.69) is 37.9 Å². The van der Waals surface area contributed by atoms with Crippen molar-refractivity contribution in [3.8, 4) is 0 Å². The van der Waals surface area contributed by atoms with Gasteiger partial charge in [-0.1, -0.05) is 0 Å². The van der Waals surface area contributed by atoms with E-state index in [4.69, 9.17) is 0 Å². The van der Waals surface area contributed by atoms with Crippen molar-refractivity contribution in [2.75, 3.05) is 33.2 Å². The quantitative estimate of drug-likeness (QED) is 0.499. The molecule has 0 aromatic heterocycles. The van der Waals surface area contributed by atoms with E-state index in [0.29, 0.717) is 5.41 Å². The first-order chi connectivity index (χ1) is 6.20. The van der Waals surface area contributed by atoms with Crippen molar-refractivity contribution >= 4 is 22.9 Å². The number of nitrogens with zero attached hydrogens (tertiary/aromatic N) is 2. The number of halogens is 1. The van der Waals surface area contributed by atoms with Crippen LogP contribution in [0.5, 0.6) is 0 Å². The highest BCUT2D eigenvalue weighted by atomic mass is 127. The third kappa shape index (κ3) is 2.36. The third-order valence-corrected chi connectivity index (χ3v) is 4.29. The van der Waals surface area contributed by atoms with Crippen LogP contribution in [0.4, 0.5) is 0 Å². The molecular weight excluding hydrogens is 275 g/mol. The molecule has 2 heterocycles. The van der Waals surface area contributed by atoms with Gasteiger partial charge in [-0.25, -0.2) is 3.11 Å². The largest absolute Gasteiger partial charge is 0.306 e. The second-order valence-corrected chi connectivity index (χ2v) is 6.15. The molecule has 1 atom stereocenters. The van der Waals surface area contributed by atoms with Crippen LogP contribution in [0.2, 0.25) is 0 Å². The first-order valence-corrected chi connectivity index (χ1v) is 6.26. The zero-order valence-corrected chi connectivity index (χ0v) is 10.6. The normalized spacial score (nSPS) is 38.3. The van der Waals surface area contributed by atoms with Crippen LogP contribution in [0.25, 0.3) is 0 Å². The minimum Gasteiger partial charge on any atom is -0.306 e. The molecule has 2 rings (SSSR count). The van der Waals surface area contributed by atoms with Gasteiger partial charge in [-0.2, -0.15) is 0 Å². The Kier molecular flexibility index (Phi) is 3.15. The molecule has 0 radical (unpaired) electrons. The number of piperidine rings is 2. The van der Waals surface area contributed by atoms with Gasteiger partial charge in [0, 0.05) is 42.5 Å². The van der Waals surface area contributed by atoms with Gasteiger partial charge in [-0.15, -0.1) is 0 Å². The summed E-state index contributed by atoms with van der Waals surface area (Å²) >= 11 is 2.49. The second kappa shape index (κ2) is 4.03. The van der Waals surface area contributed by atoms with E-state index in [1.807, 2.05) is 0 Å². The minimum absolute atomic E-state index is 0.645. The Labute approximate surface area is 95.2 Å². The van der Waals surface area contributed by atoms with Gasteiger partial charge in [0.15, 0.2) is 0 Å². The molecular formula is C10H19IN2. The Balaban J connectivity index is 2.00. The molecule has 0 aromatic carbocycles. The molecule has 1 spiro atoms. The second-order valence-electron chi connectivity index (χ2n) is 4.79. The summed E-state index contributed by atoms with van der Waals surface area (Å²) in [6.07, 6.45) is 5.71. The lowest BCUT2D eigenvalue weighted by molar-refractivity contribution is 0.0612. The Hall–Kier alpha value is 0.650. The SMILES string of the molecule is CN1CCCC2(CCCN(I)C2)C1. The summed E-state index contributed by atoms with van der Waals surface area (Å²) in [4.78, 5) is 2.51. The molecule has 3 heteroatoms. The minimum atomic E-state index is 0.645. The van der Waals surface area contributed by atoms with Crippen LogP contribution in [0.15, 0.2) is 0 Å². The van der Waals surface area contributed by atoms with Crippen molar-refractivity contribution in [2.24, 2.45) is 5.41 Å². The van der Waals surface area contributed by atoms with Crippen LogP contribution >= 0.6 is 22.9 Å². The summed E-state index contributed by atoms with van der Waals surface area (Å²) in [5.41, 5.74) is 0.645. The predicted molar refractivity (Wildman–Crippen MR) is 64.0 cm³/mol. The maximum atomic E-state index is 2.51. The summed E-state index contributed by atoms with van der Waals surface area (Å²) in [7, 11) is 2.27. The van der Waals surface area contributed by atoms with Crippen LogP contribution in [0.1, 0.15) is 25.7 Å². The van der Waals surface area contributed by atoms with Gasteiger partial charge >= 0.3 is 0 Å². The lowest BCUT2D eigenvalue weighted by Gasteiger charge is -2.46. The molecule has 13 heavy (non-hydrogen) atoms. The summed E-state index contributed by atoms with van der Waals surface area (Å²) in [6, 6.07) is 0. The molecule has 2 aliphatic rings. The van der Waals surface area contributed by atoms with E-state index < -0.39 is 0 Å². The maximum Gasteiger partial charge on any atom is 0.0201 e. The van der Waals surface area contributed by atoms with Crippen LogP contribution in [0, 0.1) is 5.41 Å². The van der Waals surface area contributed by atoms with Gasteiger partial charge < -0.3 is 4.90 Å². The van der Waals surface area contributed by atoms with E-state index in [-0.39, 0.29) is 0 Å². The van der Waals surface area contributed by atoms with Gasteiger partial charge in [0.05, 0.1) is 0 Å². The first-order valence-electron chi connectivity index (χ1n) is 5.30. The predicted octanol–water partition coefficient (Wildman–Crippen LogP) is 2.14. The van der Waals surface area contributed by atoms with Crippen molar-refractivity contribution in [2.45, 2.75) is 25.7 Å². The molecule has 2 nitrogen and oxygen atoms in total. The molecule has 2 fully saturated rings.